The summed E-state index contributed by atoms with van der Waals surface area (Å²) in [6.45, 7) is 6.32. The van der Waals surface area contributed by atoms with E-state index in [-0.39, 0.29) is 11.5 Å². The molecule has 38 valence electrons. The van der Waals surface area contributed by atoms with E-state index in [0.717, 1.165) is 0 Å². The number of nitrogens with one attached hydrogen (secondary N) is 1. The van der Waals surface area contributed by atoms with Gasteiger partial charge in [0.1, 0.15) is 5.76 Å². The van der Waals surface area contributed by atoms with E-state index in [2.05, 4.69) is 13.2 Å². The summed E-state index contributed by atoms with van der Waals surface area (Å²) in [5.74, 6) is -0.241. The SMILES string of the molecule is C=CC(=N)C(=C)O. The smallest absolute Gasteiger partial charge is 0.133 e. The Bertz CT molecular complexity index is 115. The van der Waals surface area contributed by atoms with E-state index < -0.39 is 0 Å². The minimum Gasteiger partial charge on any atom is -0.506 e. The highest BCUT2D eigenvalue weighted by molar-refractivity contribution is 6.03. The molecule has 2 N–H and O–H groups in total. The molecule has 7 heavy (non-hydrogen) atoms. The lowest BCUT2D eigenvalue weighted by Crippen LogP contribution is -1.91. The molecule has 0 amide bonds. The molecule has 0 unspecified atom stereocenters. The van der Waals surface area contributed by atoms with Gasteiger partial charge < -0.3 is 5.11 Å². The Kier molecular flexibility index (Phi) is 1.85. The van der Waals surface area contributed by atoms with E-state index in [1.54, 1.807) is 0 Å². The molecular formula is C5H7NO. The van der Waals surface area contributed by atoms with Gasteiger partial charge in [-0.25, -0.2) is 0 Å². The van der Waals surface area contributed by atoms with E-state index >= 15 is 0 Å². The highest BCUT2D eigenvalue weighted by atomic mass is 16.3. The van der Waals surface area contributed by atoms with Gasteiger partial charge in [-0.1, -0.05) is 13.2 Å². The Hall–Kier alpha value is -1.05. The predicted octanol–water partition coefficient (Wildman–Crippen LogP) is 1.26. The summed E-state index contributed by atoms with van der Waals surface area (Å²) in [6, 6.07) is 0. The summed E-state index contributed by atoms with van der Waals surface area (Å²) in [7, 11) is 0. The van der Waals surface area contributed by atoms with Gasteiger partial charge in [-0.2, -0.15) is 0 Å². The molecular weight excluding hydrogens is 90.1 g/mol. The second-order valence-electron chi connectivity index (χ2n) is 1.06. The van der Waals surface area contributed by atoms with Crippen LogP contribution in [0.5, 0.6) is 0 Å². The Morgan fingerprint density at radius 1 is 1.71 bits per heavy atom. The maximum Gasteiger partial charge on any atom is 0.133 e. The van der Waals surface area contributed by atoms with Crippen molar-refractivity contribution in [1.29, 1.82) is 5.41 Å². The molecule has 2 heteroatoms. The van der Waals surface area contributed by atoms with Crippen LogP contribution in [0, 0.1) is 5.41 Å². The van der Waals surface area contributed by atoms with Crippen LogP contribution in [0.2, 0.25) is 0 Å². The summed E-state index contributed by atoms with van der Waals surface area (Å²) in [4.78, 5) is 0. The van der Waals surface area contributed by atoms with Crippen molar-refractivity contribution < 1.29 is 5.11 Å². The quantitative estimate of drug-likeness (QED) is 0.395. The standard InChI is InChI=1S/C5H7NO/c1-3-5(6)4(2)7/h3,6-7H,1-2H2. The van der Waals surface area contributed by atoms with Gasteiger partial charge in [-0.05, 0) is 6.08 Å². The summed E-state index contributed by atoms with van der Waals surface area (Å²) < 4.78 is 0. The molecule has 0 bridgehead atoms. The summed E-state index contributed by atoms with van der Waals surface area (Å²) in [5, 5.41) is 15.1. The number of aliphatic hydroxyl groups excluding tert-OH is 1. The van der Waals surface area contributed by atoms with Gasteiger partial charge in [0.2, 0.25) is 0 Å². The molecule has 0 atom stereocenters. The molecule has 0 aliphatic carbocycles. The number of rotatable bonds is 2. The van der Waals surface area contributed by atoms with Crippen LogP contribution in [0.1, 0.15) is 0 Å². The highest BCUT2D eigenvalue weighted by Gasteiger charge is 1.87. The molecule has 0 aromatic carbocycles. The maximum absolute atomic E-state index is 8.33. The molecule has 0 spiro atoms. The van der Waals surface area contributed by atoms with Crippen LogP contribution in [0.25, 0.3) is 0 Å². The van der Waals surface area contributed by atoms with Crippen molar-refractivity contribution >= 4 is 5.71 Å². The monoisotopic (exact) mass is 97.1 g/mol. The summed E-state index contributed by atoms with van der Waals surface area (Å²) in [6.07, 6.45) is 1.22. The molecule has 0 aliphatic rings. The Labute approximate surface area is 42.3 Å². The van der Waals surface area contributed by atoms with Gasteiger partial charge >= 0.3 is 0 Å². The van der Waals surface area contributed by atoms with Crippen molar-refractivity contribution in [2.75, 3.05) is 0 Å². The number of hydrogen-bond acceptors (Lipinski definition) is 2. The number of aliphatic hydroxyl groups is 1. The largest absolute Gasteiger partial charge is 0.506 e. The zero-order chi connectivity index (χ0) is 5.86. The molecule has 0 fully saturated rings. The molecule has 0 heterocycles. The number of hydrogen-bond donors (Lipinski definition) is 2. The van der Waals surface area contributed by atoms with Crippen molar-refractivity contribution in [1.82, 2.24) is 0 Å². The second kappa shape index (κ2) is 2.18. The van der Waals surface area contributed by atoms with Gasteiger partial charge in [0, 0.05) is 0 Å². The fraction of sp³-hybridized carbons (Fsp3) is 0. The Balaban J connectivity index is 3.81. The van der Waals surface area contributed by atoms with Crippen LogP contribution >= 0.6 is 0 Å². The van der Waals surface area contributed by atoms with Crippen LogP contribution in [-0.2, 0) is 0 Å². The molecule has 0 aliphatic heterocycles. The van der Waals surface area contributed by atoms with Gasteiger partial charge in [-0.15, -0.1) is 0 Å². The highest BCUT2D eigenvalue weighted by Crippen LogP contribution is 1.84. The Morgan fingerprint density at radius 2 is 2.14 bits per heavy atom. The predicted molar refractivity (Wildman–Crippen MR) is 29.7 cm³/mol. The molecule has 0 aromatic rings. The summed E-state index contributed by atoms with van der Waals surface area (Å²) >= 11 is 0. The molecule has 0 saturated heterocycles. The van der Waals surface area contributed by atoms with Crippen molar-refractivity contribution in [3.8, 4) is 0 Å². The maximum atomic E-state index is 8.33. The average molecular weight is 97.1 g/mol. The summed E-state index contributed by atoms with van der Waals surface area (Å²) in [5.41, 5.74) is -0.0278. The average Bonchev–Trinajstić information content (AvgIpc) is 1.65. The van der Waals surface area contributed by atoms with Gasteiger partial charge in [-0.3, -0.25) is 5.41 Å². The number of allylic oxidation sites excluding steroid dienone is 1. The lowest BCUT2D eigenvalue weighted by atomic mass is 10.3. The third kappa shape index (κ3) is 1.76. The van der Waals surface area contributed by atoms with Crippen LogP contribution in [-0.4, -0.2) is 10.8 Å². The first-order valence-electron chi connectivity index (χ1n) is 1.77. The van der Waals surface area contributed by atoms with Gasteiger partial charge in [0.25, 0.3) is 0 Å². The van der Waals surface area contributed by atoms with Crippen LogP contribution in [0.3, 0.4) is 0 Å². The van der Waals surface area contributed by atoms with E-state index in [4.69, 9.17) is 10.5 Å². The molecule has 0 saturated carbocycles. The van der Waals surface area contributed by atoms with Crippen molar-refractivity contribution in [3.05, 3.63) is 25.0 Å². The Morgan fingerprint density at radius 3 is 2.14 bits per heavy atom. The zero-order valence-corrected chi connectivity index (χ0v) is 3.94. The topological polar surface area (TPSA) is 44.1 Å². The zero-order valence-electron chi connectivity index (χ0n) is 3.94. The third-order valence-electron chi connectivity index (χ3n) is 0.515. The normalized spacial score (nSPS) is 7.43. The van der Waals surface area contributed by atoms with Crippen molar-refractivity contribution in [2.24, 2.45) is 0 Å². The second-order valence-corrected chi connectivity index (χ2v) is 1.06. The van der Waals surface area contributed by atoms with Crippen LogP contribution < -0.4 is 0 Å². The van der Waals surface area contributed by atoms with Crippen LogP contribution in [0.15, 0.2) is 25.0 Å². The first-order valence-corrected chi connectivity index (χ1v) is 1.77. The van der Waals surface area contributed by atoms with Gasteiger partial charge in [0.05, 0.1) is 5.71 Å². The lowest BCUT2D eigenvalue weighted by Gasteiger charge is -1.87. The van der Waals surface area contributed by atoms with Crippen molar-refractivity contribution in [2.45, 2.75) is 0 Å². The fourth-order valence-electron chi connectivity index (χ4n) is 0.118. The minimum absolute atomic E-state index is 0.0278. The fourth-order valence-corrected chi connectivity index (χ4v) is 0.118. The van der Waals surface area contributed by atoms with E-state index in [1.165, 1.54) is 6.08 Å². The molecule has 0 aromatic heterocycles. The molecule has 0 radical (unpaired) electrons. The third-order valence-corrected chi connectivity index (χ3v) is 0.515. The van der Waals surface area contributed by atoms with Crippen molar-refractivity contribution in [3.63, 3.8) is 0 Å². The van der Waals surface area contributed by atoms with Crippen LogP contribution in [0.4, 0.5) is 0 Å². The first-order chi connectivity index (χ1) is 3.18. The van der Waals surface area contributed by atoms with E-state index in [9.17, 15) is 0 Å². The van der Waals surface area contributed by atoms with E-state index in [1.807, 2.05) is 0 Å². The lowest BCUT2D eigenvalue weighted by molar-refractivity contribution is 0.446. The van der Waals surface area contributed by atoms with Gasteiger partial charge in [0.15, 0.2) is 0 Å². The van der Waals surface area contributed by atoms with E-state index in [0.29, 0.717) is 0 Å². The first kappa shape index (κ1) is 5.95. The molecule has 2 nitrogen and oxygen atoms in total. The molecule has 0 rings (SSSR count). The minimum atomic E-state index is -0.241.